The lowest BCUT2D eigenvalue weighted by molar-refractivity contribution is 0.389. The summed E-state index contributed by atoms with van der Waals surface area (Å²) in [6.45, 7) is 30.5. The highest BCUT2D eigenvalue weighted by atomic mass is 35.5. The second kappa shape index (κ2) is 125. The minimum absolute atomic E-state index is 0. The van der Waals surface area contributed by atoms with Crippen molar-refractivity contribution in [3.8, 4) is 0 Å². The van der Waals surface area contributed by atoms with Gasteiger partial charge in [-0.1, -0.05) is 442 Å². The molecule has 0 nitrogen and oxygen atoms in total. The van der Waals surface area contributed by atoms with E-state index in [1.54, 1.807) is 0 Å². The molecule has 0 heterocycles. The molecule has 0 atom stereocenters. The van der Waals surface area contributed by atoms with Gasteiger partial charge in [-0.05, 0) is 209 Å². The van der Waals surface area contributed by atoms with Crippen molar-refractivity contribution in [1.29, 1.82) is 0 Å². The van der Waals surface area contributed by atoms with Crippen molar-refractivity contribution in [3.05, 3.63) is 312 Å². The zero-order chi connectivity index (χ0) is 87.1. The normalized spacial score (nSPS) is 8.05. The maximum atomic E-state index is 12.9. The monoisotopic (exact) mass is 1970 g/mol. The third-order valence-electron chi connectivity index (χ3n) is 16.2. The van der Waals surface area contributed by atoms with E-state index in [2.05, 4.69) is 171 Å². The summed E-state index contributed by atoms with van der Waals surface area (Å²) in [7, 11) is 2.50. The van der Waals surface area contributed by atoms with Crippen LogP contribution in [-0.2, 0) is 117 Å². The number of benzene rings is 9. The molecule has 0 N–H and O–H groups in total. The summed E-state index contributed by atoms with van der Waals surface area (Å²) in [6.07, 6.45) is 14.5. The van der Waals surface area contributed by atoms with Crippen LogP contribution in [0.25, 0.3) is 0 Å². The average molecular weight is 1970 g/mol. The first-order valence-corrected chi connectivity index (χ1v) is 39.9. The standard InChI is InChI=1S/2C10H12Cl2.C10H13Cl.2C10H14.C9H7F5.3C9H11F.C3H8.5CH3F.18CH4/c1-3-7-5-10(12)8(4-2)6-9(7)11;1-3-7-5-9(11)8(4-2)10(12)6-7;1-3-8-5-6-9(4-2)10(11)7-8;2*1-3-9-5-7-10(4-2)8-6-9;1-2-4-6(11)8(13)5(3-10)9(14)7(4)12;3*1-2-8-3-5-9(7-10)6-4-8;1-3-2;5*1-2;;;;;;;;;;;;;;;;;;/h2*5-6H,3-4H2,1-2H3;5-7H,3-4H2,1-2H3;2*5-8H,3-4H2,1-2H3;2-3H2,1H3;3*3-6H,2,7H2,1H3;3H2,1-2H3;5*1H3;18*1H4. The molecule has 0 saturated heterocycles. The van der Waals surface area contributed by atoms with Crippen LogP contribution in [0.15, 0.2) is 164 Å². The molecule has 0 radical (unpaired) electrons. The van der Waals surface area contributed by atoms with E-state index in [9.17, 15) is 57.1 Å². The Hall–Kier alpha value is -6.48. The molecule has 9 rings (SSSR count). The van der Waals surface area contributed by atoms with Crippen LogP contribution in [0, 0.1) is 23.3 Å². The van der Waals surface area contributed by atoms with E-state index in [1.165, 1.54) is 69.0 Å². The molecule has 0 aliphatic heterocycles. The van der Waals surface area contributed by atoms with Gasteiger partial charge in [0, 0.05) is 30.7 Å². The number of rotatable bonds is 18. The number of aryl methyl sites for hydroxylation is 12. The molecule has 18 heteroatoms. The summed E-state index contributed by atoms with van der Waals surface area (Å²) in [5, 5.41) is 4.16. The van der Waals surface area contributed by atoms with Crippen LogP contribution in [0.4, 0.5) is 57.1 Å². The van der Waals surface area contributed by atoms with E-state index < -0.39 is 41.1 Å². The molecular formula is C112H200Cl5F13. The molecule has 0 fully saturated rings. The van der Waals surface area contributed by atoms with Crippen LogP contribution in [0.2, 0.25) is 25.1 Å². The van der Waals surface area contributed by atoms with Crippen molar-refractivity contribution in [2.75, 3.05) is 35.9 Å². The number of halogens is 18. The van der Waals surface area contributed by atoms with Gasteiger partial charge in [0.25, 0.3) is 0 Å². The maximum Gasteiger partial charge on any atom is 0.168 e. The van der Waals surface area contributed by atoms with E-state index in [1.807, 2.05) is 97.1 Å². The predicted molar refractivity (Wildman–Crippen MR) is 586 cm³/mol. The molecule has 0 amide bonds. The Morgan fingerprint density at radius 3 is 0.485 bits per heavy atom. The second-order valence-electron chi connectivity index (χ2n) is 23.5. The van der Waals surface area contributed by atoms with Gasteiger partial charge in [-0.2, -0.15) is 0 Å². The Kier molecular flexibility index (Phi) is 179. The fraction of sp³-hybridized carbons (Fsp3) is 0.518. The first kappa shape index (κ1) is 187. The van der Waals surface area contributed by atoms with Crippen LogP contribution >= 0.6 is 58.0 Å². The number of hydrogen-bond acceptors (Lipinski definition) is 0. The summed E-state index contributed by atoms with van der Waals surface area (Å²) < 4.78 is 147. The van der Waals surface area contributed by atoms with Gasteiger partial charge >= 0.3 is 0 Å². The van der Waals surface area contributed by atoms with Gasteiger partial charge in [-0.15, -0.1) is 0 Å². The predicted octanol–water partition coefficient (Wildman–Crippen LogP) is 44.5. The molecule has 9 aromatic carbocycles. The Morgan fingerprint density at radius 1 is 0.169 bits per heavy atom. The summed E-state index contributed by atoms with van der Waals surface area (Å²) in [6, 6.07) is 54.7. The Bertz CT molecular complexity index is 3160. The topological polar surface area (TPSA) is 0 Å². The quantitative estimate of drug-likeness (QED) is 0.0593. The van der Waals surface area contributed by atoms with Gasteiger partial charge < -0.3 is 0 Å². The molecule has 9 aromatic rings. The summed E-state index contributed by atoms with van der Waals surface area (Å²) in [5.74, 6) is -6.33. The van der Waals surface area contributed by atoms with Gasteiger partial charge in [0.05, 0.1) is 41.5 Å². The highest BCUT2D eigenvalue weighted by molar-refractivity contribution is 6.36. The Morgan fingerprint density at radius 2 is 0.331 bits per heavy atom. The molecule has 0 saturated carbocycles. The fourth-order valence-electron chi connectivity index (χ4n) is 9.23. The van der Waals surface area contributed by atoms with Gasteiger partial charge in [0.15, 0.2) is 23.3 Å². The minimum Gasteiger partial charge on any atom is -0.255 e. The van der Waals surface area contributed by atoms with Crippen molar-refractivity contribution in [2.24, 2.45) is 0 Å². The summed E-state index contributed by atoms with van der Waals surface area (Å²) in [4.78, 5) is 0. The van der Waals surface area contributed by atoms with Crippen LogP contribution in [0.3, 0.4) is 0 Å². The lowest BCUT2D eigenvalue weighted by Gasteiger charge is -2.07. The minimum atomic E-state index is -1.65. The first-order valence-electron chi connectivity index (χ1n) is 38.0. The molecule has 0 bridgehead atoms. The van der Waals surface area contributed by atoms with Crippen molar-refractivity contribution in [3.63, 3.8) is 0 Å². The molecule has 774 valence electrons. The number of hydrogen-bond donors (Lipinski definition) is 0. The zero-order valence-corrected chi connectivity index (χ0v) is 74.1. The molecular weight excluding hydrogens is 1770 g/mol. The molecule has 0 aliphatic carbocycles. The van der Waals surface area contributed by atoms with E-state index in [0.29, 0.717) is 35.9 Å². The van der Waals surface area contributed by atoms with Gasteiger partial charge in [-0.3, -0.25) is 22.0 Å². The van der Waals surface area contributed by atoms with Crippen LogP contribution in [0.5, 0.6) is 0 Å². The molecule has 0 aliphatic rings. The fourth-order valence-corrected chi connectivity index (χ4v) is 11.0. The van der Waals surface area contributed by atoms with Gasteiger partial charge in [0.2, 0.25) is 0 Å². The Labute approximate surface area is 825 Å². The SMILES string of the molecule is C.C.C.C.C.C.C.C.C.C.C.C.C.C.C.C.C.C.CCC.CCc1c(F)c(F)c(CF)c(F)c1F.CCc1cc(Cl)c(CC)c(Cl)c1.CCc1cc(Cl)c(CC)cc1Cl.CCc1ccc(CC)c(Cl)c1.CCc1ccc(CC)cc1.CCc1ccc(CC)cc1.CCc1ccc(CF)cc1.CCc1ccc(CF)cc1.CCc1ccc(CF)cc1.CF.CF.CF.CF.CF. The zero-order valence-electron chi connectivity index (χ0n) is 70.3. The van der Waals surface area contributed by atoms with Gasteiger partial charge in [0.1, 0.15) is 26.7 Å². The largest absolute Gasteiger partial charge is 0.255 e. The third kappa shape index (κ3) is 80.0. The van der Waals surface area contributed by atoms with Gasteiger partial charge in [-0.25, -0.2) is 35.1 Å². The highest BCUT2D eigenvalue weighted by Crippen LogP contribution is 2.29. The van der Waals surface area contributed by atoms with Crippen LogP contribution in [0.1, 0.15) is 351 Å². The molecule has 130 heavy (non-hydrogen) atoms. The molecule has 0 spiro atoms. The highest BCUT2D eigenvalue weighted by Gasteiger charge is 2.24. The average Bonchev–Trinajstić information content (AvgIpc) is 0.795. The first-order chi connectivity index (χ1) is 53.9. The third-order valence-corrected chi connectivity index (χ3v) is 17.9. The van der Waals surface area contributed by atoms with Crippen molar-refractivity contribution in [1.82, 2.24) is 0 Å². The summed E-state index contributed by atoms with van der Waals surface area (Å²) >= 11 is 30.1. The van der Waals surface area contributed by atoms with E-state index in [4.69, 9.17) is 58.0 Å². The lowest BCUT2D eigenvalue weighted by atomic mass is 10.1. The van der Waals surface area contributed by atoms with Crippen molar-refractivity contribution >= 4 is 58.0 Å². The van der Waals surface area contributed by atoms with Crippen molar-refractivity contribution < 1.29 is 57.1 Å². The Balaban J connectivity index is -0.0000000428. The van der Waals surface area contributed by atoms with Crippen LogP contribution < -0.4 is 0 Å². The van der Waals surface area contributed by atoms with Crippen molar-refractivity contribution in [2.45, 2.75) is 367 Å². The van der Waals surface area contributed by atoms with E-state index in [-0.39, 0.29) is 160 Å². The van der Waals surface area contributed by atoms with Crippen LogP contribution in [-0.4, -0.2) is 35.9 Å². The maximum absolute atomic E-state index is 12.9. The summed E-state index contributed by atoms with van der Waals surface area (Å²) in [5.41, 5.74) is 16.9. The molecule has 0 aromatic heterocycles. The lowest BCUT2D eigenvalue weighted by Crippen LogP contribution is -2.07. The van der Waals surface area contributed by atoms with E-state index in [0.717, 1.165) is 142 Å². The van der Waals surface area contributed by atoms with E-state index >= 15 is 0 Å². The number of alkyl halides is 9. The molecule has 0 unspecified atom stereocenters. The second-order valence-corrected chi connectivity index (χ2v) is 25.5. The smallest absolute Gasteiger partial charge is 0.168 e.